The summed E-state index contributed by atoms with van der Waals surface area (Å²) >= 11 is 2.74. The van der Waals surface area contributed by atoms with Crippen LogP contribution < -0.4 is 0 Å². The van der Waals surface area contributed by atoms with Gasteiger partial charge in [0.15, 0.2) is 6.61 Å². The van der Waals surface area contributed by atoms with Crippen LogP contribution in [0.5, 0.6) is 0 Å². The Bertz CT molecular complexity index is 777. The monoisotopic (exact) mass is 380 g/mol. The number of hydrogen-bond donors (Lipinski definition) is 0. The maximum Gasteiger partial charge on any atom is 0.338 e. The van der Waals surface area contributed by atoms with Crippen molar-refractivity contribution in [1.82, 2.24) is 4.90 Å². The number of rotatable bonds is 7. The van der Waals surface area contributed by atoms with E-state index >= 15 is 0 Å². The average Bonchev–Trinajstić information content (AvgIpc) is 3.11. The van der Waals surface area contributed by atoms with Gasteiger partial charge in [-0.05, 0) is 29.8 Å². The number of nitrogens with zero attached hydrogens (tertiary/aromatic N) is 2. The van der Waals surface area contributed by atoms with Crippen molar-refractivity contribution in [2.45, 2.75) is 11.4 Å². The van der Waals surface area contributed by atoms with Gasteiger partial charge in [-0.15, -0.1) is 23.1 Å². The third-order valence-electron chi connectivity index (χ3n) is 3.34. The summed E-state index contributed by atoms with van der Waals surface area (Å²) in [5, 5.41) is 13.0. The molecule has 0 N–H and O–H groups in total. The molecule has 0 aliphatic carbocycles. The Morgan fingerprint density at radius 1 is 1.36 bits per heavy atom. The van der Waals surface area contributed by atoms with Gasteiger partial charge in [0.1, 0.15) is 0 Å². The van der Waals surface area contributed by atoms with Crippen molar-refractivity contribution in [3.8, 4) is 0 Å². The van der Waals surface area contributed by atoms with Crippen molar-refractivity contribution in [2.24, 2.45) is 0 Å². The lowest BCUT2D eigenvalue weighted by Crippen LogP contribution is -2.30. The number of carbonyl (C=O) groups excluding carboxylic acids is 2. The van der Waals surface area contributed by atoms with E-state index in [-0.39, 0.29) is 17.2 Å². The number of ether oxygens (including phenoxy) is 1. The molecule has 1 heterocycles. The second-order valence-corrected chi connectivity index (χ2v) is 6.93. The third kappa shape index (κ3) is 5.04. The highest BCUT2D eigenvalue weighted by molar-refractivity contribution is 7.98. The highest BCUT2D eigenvalue weighted by Crippen LogP contribution is 2.28. The van der Waals surface area contributed by atoms with Gasteiger partial charge >= 0.3 is 5.97 Å². The fourth-order valence-corrected chi connectivity index (χ4v) is 3.31. The molecule has 0 bridgehead atoms. The van der Waals surface area contributed by atoms with Crippen molar-refractivity contribution in [3.05, 3.63) is 56.3 Å². The molecule has 9 heteroatoms. The maximum absolute atomic E-state index is 12.0. The molecule has 2 aromatic rings. The molecule has 0 aliphatic rings. The van der Waals surface area contributed by atoms with Crippen LogP contribution in [0.2, 0.25) is 0 Å². The molecule has 0 spiro atoms. The van der Waals surface area contributed by atoms with Gasteiger partial charge in [0.05, 0.1) is 21.9 Å². The second kappa shape index (κ2) is 8.63. The first kappa shape index (κ1) is 18.9. The molecule has 0 saturated carbocycles. The zero-order chi connectivity index (χ0) is 18.4. The molecule has 0 saturated heterocycles. The van der Waals surface area contributed by atoms with E-state index in [4.69, 9.17) is 4.74 Å². The highest BCUT2D eigenvalue weighted by Gasteiger charge is 2.19. The molecule has 0 fully saturated rings. The molecular formula is C16H16N2O5S2. The van der Waals surface area contributed by atoms with E-state index in [2.05, 4.69) is 0 Å². The molecule has 0 unspecified atom stereocenters. The first-order valence-electron chi connectivity index (χ1n) is 7.18. The molecule has 0 atom stereocenters. The lowest BCUT2D eigenvalue weighted by Gasteiger charge is -2.16. The highest BCUT2D eigenvalue weighted by atomic mass is 32.2. The molecule has 2 rings (SSSR count). The van der Waals surface area contributed by atoms with Gasteiger partial charge in [-0.3, -0.25) is 14.9 Å². The van der Waals surface area contributed by atoms with Gasteiger partial charge < -0.3 is 9.64 Å². The number of amides is 1. The molecule has 25 heavy (non-hydrogen) atoms. The number of nitro benzene ring substituents is 1. The lowest BCUT2D eigenvalue weighted by molar-refractivity contribution is -0.387. The van der Waals surface area contributed by atoms with Crippen LogP contribution in [0.15, 0.2) is 40.6 Å². The van der Waals surface area contributed by atoms with Crippen LogP contribution in [-0.4, -0.2) is 41.6 Å². The molecular weight excluding hydrogens is 364 g/mol. The van der Waals surface area contributed by atoms with Crippen LogP contribution in [0.3, 0.4) is 0 Å². The van der Waals surface area contributed by atoms with Crippen LogP contribution in [0.25, 0.3) is 0 Å². The summed E-state index contributed by atoms with van der Waals surface area (Å²) in [5.41, 5.74) is -0.124. The van der Waals surface area contributed by atoms with E-state index in [1.165, 1.54) is 40.1 Å². The van der Waals surface area contributed by atoms with Crippen LogP contribution >= 0.6 is 23.1 Å². The van der Waals surface area contributed by atoms with E-state index < -0.39 is 17.5 Å². The number of hydrogen-bond acceptors (Lipinski definition) is 7. The summed E-state index contributed by atoms with van der Waals surface area (Å²) in [6.07, 6.45) is 1.71. The van der Waals surface area contributed by atoms with E-state index in [0.717, 1.165) is 10.9 Å². The molecule has 1 aromatic carbocycles. The number of likely N-dealkylation sites (N-methyl/N-ethyl adjacent to an activating group) is 1. The van der Waals surface area contributed by atoms with Gasteiger partial charge in [0.25, 0.3) is 11.6 Å². The topological polar surface area (TPSA) is 89.8 Å². The molecule has 0 aliphatic heterocycles. The second-order valence-electron chi connectivity index (χ2n) is 5.05. The number of nitro groups is 1. The summed E-state index contributed by atoms with van der Waals surface area (Å²) < 4.78 is 4.98. The van der Waals surface area contributed by atoms with Gasteiger partial charge in [-0.2, -0.15) is 0 Å². The summed E-state index contributed by atoms with van der Waals surface area (Å²) in [7, 11) is 1.62. The Labute approximate surface area is 152 Å². The Morgan fingerprint density at radius 2 is 2.12 bits per heavy atom. The number of carbonyl (C=O) groups is 2. The molecule has 7 nitrogen and oxygen atoms in total. The third-order valence-corrected chi connectivity index (χ3v) is 4.98. The van der Waals surface area contributed by atoms with Crippen molar-refractivity contribution < 1.29 is 19.2 Å². The van der Waals surface area contributed by atoms with Gasteiger partial charge in [0, 0.05) is 18.0 Å². The smallest absolute Gasteiger partial charge is 0.338 e. The minimum Gasteiger partial charge on any atom is -0.452 e. The summed E-state index contributed by atoms with van der Waals surface area (Å²) in [4.78, 5) is 37.5. The van der Waals surface area contributed by atoms with Crippen LogP contribution in [-0.2, 0) is 16.1 Å². The number of benzene rings is 1. The van der Waals surface area contributed by atoms with Gasteiger partial charge in [-0.25, -0.2) is 4.79 Å². The van der Waals surface area contributed by atoms with Crippen molar-refractivity contribution in [1.29, 1.82) is 0 Å². The van der Waals surface area contributed by atoms with E-state index in [1.54, 1.807) is 13.3 Å². The molecule has 1 aromatic heterocycles. The van der Waals surface area contributed by atoms with Crippen molar-refractivity contribution in [2.75, 3.05) is 19.9 Å². The van der Waals surface area contributed by atoms with Crippen LogP contribution in [0.1, 0.15) is 15.2 Å². The zero-order valence-electron chi connectivity index (χ0n) is 13.6. The molecule has 0 radical (unpaired) electrons. The number of thiophene rings is 1. The minimum atomic E-state index is -0.770. The van der Waals surface area contributed by atoms with Gasteiger partial charge in [0.2, 0.25) is 0 Å². The fourth-order valence-electron chi connectivity index (χ4n) is 2.00. The van der Waals surface area contributed by atoms with E-state index in [0.29, 0.717) is 11.4 Å². The maximum atomic E-state index is 12.0. The Hall–Kier alpha value is -2.39. The van der Waals surface area contributed by atoms with E-state index in [9.17, 15) is 19.7 Å². The molecule has 132 valence electrons. The average molecular weight is 380 g/mol. The standard InChI is InChI=1S/C16H16N2O5S2/c1-17(9-12-4-3-7-25-12)15(19)10-23-16(20)11-5-6-14(24-2)13(8-11)18(21)22/h3-8H,9-10H2,1-2H3. The summed E-state index contributed by atoms with van der Waals surface area (Å²) in [5.74, 6) is -1.12. The largest absolute Gasteiger partial charge is 0.452 e. The lowest BCUT2D eigenvalue weighted by atomic mass is 10.2. The van der Waals surface area contributed by atoms with Crippen molar-refractivity contribution in [3.63, 3.8) is 0 Å². The SMILES string of the molecule is CSc1ccc(C(=O)OCC(=O)N(C)Cc2cccs2)cc1[N+](=O)[O-]. The van der Waals surface area contributed by atoms with Crippen LogP contribution in [0, 0.1) is 10.1 Å². The van der Waals surface area contributed by atoms with E-state index in [1.807, 2.05) is 17.5 Å². The minimum absolute atomic E-state index is 0.0400. The molecule has 1 amide bonds. The predicted octanol–water partition coefficient (Wildman–Crippen LogP) is 3.19. The zero-order valence-corrected chi connectivity index (χ0v) is 15.3. The predicted molar refractivity (Wildman–Crippen MR) is 96.0 cm³/mol. The summed E-state index contributed by atoms with van der Waals surface area (Å²) in [6, 6.07) is 7.90. The Balaban J connectivity index is 1.96. The number of thioether (sulfide) groups is 1. The normalized spacial score (nSPS) is 10.3. The quantitative estimate of drug-likeness (QED) is 0.317. The van der Waals surface area contributed by atoms with Crippen molar-refractivity contribution >= 4 is 40.7 Å². The van der Waals surface area contributed by atoms with Gasteiger partial charge in [-0.1, -0.05) is 6.07 Å². The fraction of sp³-hybridized carbons (Fsp3) is 0.250. The van der Waals surface area contributed by atoms with Crippen LogP contribution in [0.4, 0.5) is 5.69 Å². The Kier molecular flexibility index (Phi) is 6.54. The Morgan fingerprint density at radius 3 is 2.72 bits per heavy atom. The first-order chi connectivity index (χ1) is 11.9. The first-order valence-corrected chi connectivity index (χ1v) is 9.28. The number of esters is 1. The summed E-state index contributed by atoms with van der Waals surface area (Å²) in [6.45, 7) is 0.0146.